The zero-order valence-electron chi connectivity index (χ0n) is 18.2. The van der Waals surface area contributed by atoms with Crippen molar-refractivity contribution in [2.45, 2.75) is 77.9 Å². The van der Waals surface area contributed by atoms with Gasteiger partial charge in [0.15, 0.2) is 5.79 Å². The van der Waals surface area contributed by atoms with Crippen LogP contribution in [0.25, 0.3) is 0 Å². The van der Waals surface area contributed by atoms with E-state index in [0.717, 1.165) is 44.9 Å². The molecule has 1 aliphatic heterocycles. The number of carboxylic acid groups (broad SMARTS) is 1. The van der Waals surface area contributed by atoms with E-state index in [9.17, 15) is 9.90 Å². The van der Waals surface area contributed by atoms with Gasteiger partial charge in [0.2, 0.25) is 0 Å². The number of allylic oxidation sites excluding steroid dienone is 3. The van der Waals surface area contributed by atoms with Crippen molar-refractivity contribution in [2.24, 2.45) is 34.5 Å². The molecule has 29 heavy (non-hydrogen) atoms. The summed E-state index contributed by atoms with van der Waals surface area (Å²) < 4.78 is 12.1. The normalized spacial score (nSPS) is 45.2. The molecule has 3 fully saturated rings. The lowest BCUT2D eigenvalue weighted by atomic mass is 9.45. The number of aliphatic carboxylic acids is 1. The van der Waals surface area contributed by atoms with Crippen molar-refractivity contribution >= 4 is 5.97 Å². The maximum atomic E-state index is 11.8. The summed E-state index contributed by atoms with van der Waals surface area (Å²) in [5.41, 5.74) is 3.31. The van der Waals surface area contributed by atoms with Crippen molar-refractivity contribution in [3.8, 4) is 0 Å². The van der Waals surface area contributed by atoms with Crippen LogP contribution in [0.2, 0.25) is 0 Å². The second-order valence-electron chi connectivity index (χ2n) is 10.7. The fourth-order valence-electron chi connectivity index (χ4n) is 8.05. The predicted molar refractivity (Wildman–Crippen MR) is 111 cm³/mol. The molecule has 4 heteroatoms. The maximum absolute atomic E-state index is 11.8. The summed E-state index contributed by atoms with van der Waals surface area (Å²) in [5.74, 6) is 0.932. The third-order valence-electron chi connectivity index (χ3n) is 9.75. The summed E-state index contributed by atoms with van der Waals surface area (Å²) in [6.45, 7) is 8.53. The van der Waals surface area contributed by atoms with Crippen LogP contribution in [0, 0.1) is 34.5 Å². The molecule has 1 saturated heterocycles. The van der Waals surface area contributed by atoms with Crippen LogP contribution in [-0.4, -0.2) is 30.1 Å². The first-order chi connectivity index (χ1) is 13.8. The van der Waals surface area contributed by atoms with Crippen LogP contribution in [0.15, 0.2) is 23.3 Å². The van der Waals surface area contributed by atoms with Gasteiger partial charge in [-0.05, 0) is 60.2 Å². The Hall–Kier alpha value is -1.13. The minimum absolute atomic E-state index is 0.0591. The van der Waals surface area contributed by atoms with Gasteiger partial charge in [0.25, 0.3) is 0 Å². The average molecular weight is 401 g/mol. The van der Waals surface area contributed by atoms with Crippen LogP contribution >= 0.6 is 0 Å². The Bertz CT molecular complexity index is 761. The fraction of sp³-hybridized carbons (Fsp3) is 0.800. The van der Waals surface area contributed by atoms with E-state index in [2.05, 4.69) is 32.9 Å². The predicted octanol–water partition coefficient (Wildman–Crippen LogP) is 5.34. The molecule has 5 aliphatic rings. The van der Waals surface area contributed by atoms with Crippen molar-refractivity contribution in [2.75, 3.05) is 13.2 Å². The molecule has 1 spiro atoms. The third kappa shape index (κ3) is 2.74. The van der Waals surface area contributed by atoms with E-state index in [1.807, 2.05) is 0 Å². The van der Waals surface area contributed by atoms with Crippen LogP contribution in [0.1, 0.15) is 72.1 Å². The number of hydrogen-bond acceptors (Lipinski definition) is 3. The smallest absolute Gasteiger partial charge is 0.303 e. The number of ether oxygens (including phenoxy) is 2. The minimum Gasteiger partial charge on any atom is -0.481 e. The van der Waals surface area contributed by atoms with Crippen LogP contribution in [0.4, 0.5) is 0 Å². The van der Waals surface area contributed by atoms with E-state index in [4.69, 9.17) is 9.47 Å². The summed E-state index contributed by atoms with van der Waals surface area (Å²) in [5, 5.41) is 9.73. The number of hydrogen-bond donors (Lipinski definition) is 1. The molecule has 0 aromatic rings. The van der Waals surface area contributed by atoms with E-state index in [0.29, 0.717) is 37.4 Å². The summed E-state index contributed by atoms with van der Waals surface area (Å²) in [6.07, 6.45) is 12.7. The molecule has 5 rings (SSSR count). The topological polar surface area (TPSA) is 55.8 Å². The van der Waals surface area contributed by atoms with Gasteiger partial charge in [-0.1, -0.05) is 50.5 Å². The monoisotopic (exact) mass is 400 g/mol. The molecule has 4 aliphatic carbocycles. The van der Waals surface area contributed by atoms with Gasteiger partial charge in [-0.15, -0.1) is 0 Å². The molecule has 2 saturated carbocycles. The molecular formula is C25H36O4. The molecule has 0 amide bonds. The molecule has 6 atom stereocenters. The number of carboxylic acids is 1. The van der Waals surface area contributed by atoms with Gasteiger partial charge in [-0.3, -0.25) is 4.79 Å². The van der Waals surface area contributed by atoms with Crippen molar-refractivity contribution in [3.05, 3.63) is 23.3 Å². The first-order valence-electron chi connectivity index (χ1n) is 11.7. The van der Waals surface area contributed by atoms with Crippen LogP contribution < -0.4 is 0 Å². The Kier molecular flexibility index (Phi) is 4.57. The maximum Gasteiger partial charge on any atom is 0.303 e. The first kappa shape index (κ1) is 19.8. The van der Waals surface area contributed by atoms with E-state index in [1.54, 1.807) is 5.57 Å². The Morgan fingerprint density at radius 1 is 1.14 bits per heavy atom. The highest BCUT2D eigenvalue weighted by Gasteiger charge is 2.60. The number of rotatable bonds is 3. The Morgan fingerprint density at radius 3 is 2.59 bits per heavy atom. The average Bonchev–Trinajstić information content (AvgIpc) is 3.27. The molecule has 0 aromatic carbocycles. The SMILES string of the molecule is CC[C@H]1CC=C2[C@@H]3CC=C4CC5(CC[C@]4(C)[C@H]3CC(CC(=O)O)[C@@]21C)OCCO5. The lowest BCUT2D eigenvalue weighted by Crippen LogP contribution is -2.53. The fourth-order valence-corrected chi connectivity index (χ4v) is 8.05. The largest absolute Gasteiger partial charge is 0.481 e. The van der Waals surface area contributed by atoms with E-state index >= 15 is 0 Å². The number of carbonyl (C=O) groups is 1. The third-order valence-corrected chi connectivity index (χ3v) is 9.75. The summed E-state index contributed by atoms with van der Waals surface area (Å²) in [4.78, 5) is 11.8. The highest BCUT2D eigenvalue weighted by atomic mass is 16.7. The Balaban J connectivity index is 1.51. The quantitative estimate of drug-likeness (QED) is 0.650. The highest BCUT2D eigenvalue weighted by molar-refractivity contribution is 5.67. The zero-order chi connectivity index (χ0) is 20.4. The van der Waals surface area contributed by atoms with Gasteiger partial charge in [-0.2, -0.15) is 0 Å². The lowest BCUT2D eigenvalue weighted by molar-refractivity contribution is -0.183. The van der Waals surface area contributed by atoms with Crippen molar-refractivity contribution < 1.29 is 19.4 Å². The highest BCUT2D eigenvalue weighted by Crippen LogP contribution is 2.68. The van der Waals surface area contributed by atoms with Gasteiger partial charge in [0.05, 0.1) is 13.2 Å². The minimum atomic E-state index is -0.636. The second-order valence-corrected chi connectivity index (χ2v) is 10.7. The summed E-state index contributed by atoms with van der Waals surface area (Å²) in [7, 11) is 0. The first-order valence-corrected chi connectivity index (χ1v) is 11.7. The lowest BCUT2D eigenvalue weighted by Gasteiger charge is -2.59. The molecule has 1 N–H and O–H groups in total. The van der Waals surface area contributed by atoms with Crippen molar-refractivity contribution in [1.29, 1.82) is 0 Å². The summed E-state index contributed by atoms with van der Waals surface area (Å²) >= 11 is 0. The molecular weight excluding hydrogens is 364 g/mol. The van der Waals surface area contributed by atoms with Crippen molar-refractivity contribution in [3.63, 3.8) is 0 Å². The molecule has 0 bridgehead atoms. The number of fused-ring (bicyclic) bond motifs is 5. The second kappa shape index (κ2) is 6.68. The van der Waals surface area contributed by atoms with Crippen molar-refractivity contribution in [1.82, 2.24) is 0 Å². The molecule has 160 valence electrons. The van der Waals surface area contributed by atoms with Gasteiger partial charge in [0, 0.05) is 19.3 Å². The van der Waals surface area contributed by atoms with E-state index < -0.39 is 5.97 Å². The van der Waals surface area contributed by atoms with E-state index in [1.165, 1.54) is 5.57 Å². The van der Waals surface area contributed by atoms with Gasteiger partial charge in [-0.25, -0.2) is 0 Å². The van der Waals surface area contributed by atoms with Crippen LogP contribution in [0.5, 0.6) is 0 Å². The van der Waals surface area contributed by atoms with Crippen LogP contribution in [0.3, 0.4) is 0 Å². The van der Waals surface area contributed by atoms with Gasteiger partial charge >= 0.3 is 5.97 Å². The standard InChI is InChI=1S/C25H36O4/c1-4-16-6-8-20-19-7-5-17-15-25(28-11-12-29-25)10-9-23(17,2)21(19)13-18(14-22(26)27)24(16,20)3/h5,8,16,18-19,21H,4,6-7,9-15H2,1-3H3,(H,26,27)/t16-,18?,19-,21-,23-,24-/m0/s1. The Labute approximate surface area is 174 Å². The molecule has 0 radical (unpaired) electrons. The zero-order valence-corrected chi connectivity index (χ0v) is 18.2. The molecule has 4 nitrogen and oxygen atoms in total. The Morgan fingerprint density at radius 2 is 1.90 bits per heavy atom. The van der Waals surface area contributed by atoms with Gasteiger partial charge < -0.3 is 14.6 Å². The molecule has 1 unspecified atom stereocenters. The summed E-state index contributed by atoms with van der Waals surface area (Å²) in [6, 6.07) is 0. The van der Waals surface area contributed by atoms with E-state index in [-0.39, 0.29) is 22.5 Å². The van der Waals surface area contributed by atoms with Gasteiger partial charge in [0.1, 0.15) is 0 Å². The molecule has 0 aromatic heterocycles. The molecule has 1 heterocycles. The van der Waals surface area contributed by atoms with Crippen LogP contribution in [-0.2, 0) is 14.3 Å².